The van der Waals surface area contributed by atoms with Crippen LogP contribution in [0.4, 0.5) is 0 Å². The van der Waals surface area contributed by atoms with Gasteiger partial charge in [-0.25, -0.2) is 0 Å². The van der Waals surface area contributed by atoms with Crippen LogP contribution in [-0.2, 0) is 4.74 Å². The Labute approximate surface area is 185 Å². The van der Waals surface area contributed by atoms with Crippen LogP contribution in [0.25, 0.3) is 17.0 Å². The highest BCUT2D eigenvalue weighted by molar-refractivity contribution is 6.32. The summed E-state index contributed by atoms with van der Waals surface area (Å²) in [6, 6.07) is 14.8. The van der Waals surface area contributed by atoms with E-state index in [9.17, 15) is 10.1 Å². The smallest absolute Gasteiger partial charge is 0.205 e. The number of nitrogens with one attached hydrogen (secondary N) is 1. The van der Waals surface area contributed by atoms with Crippen molar-refractivity contribution in [1.29, 1.82) is 5.26 Å². The molecular weight excluding hydrogens is 414 g/mol. The number of benzene rings is 2. The van der Waals surface area contributed by atoms with E-state index in [2.05, 4.69) is 9.88 Å². The fraction of sp³-hybridized carbons (Fsp3) is 0.250. The highest BCUT2D eigenvalue weighted by atomic mass is 35.5. The van der Waals surface area contributed by atoms with Crippen LogP contribution < -0.4 is 4.74 Å². The van der Waals surface area contributed by atoms with Crippen molar-refractivity contribution in [3.8, 4) is 11.8 Å². The van der Waals surface area contributed by atoms with E-state index in [0.717, 1.165) is 43.8 Å². The van der Waals surface area contributed by atoms with Crippen molar-refractivity contribution in [3.63, 3.8) is 0 Å². The topological polar surface area (TPSA) is 78.3 Å². The SMILES string of the molecule is N#C/C(=C\c1ccc(OCCN2CCOCC2)c(Cl)c1)C(=O)c1c[nH]c2ccccc12. The number of para-hydroxylation sites is 1. The number of morpholine rings is 1. The molecule has 4 rings (SSSR count). The van der Waals surface area contributed by atoms with Gasteiger partial charge < -0.3 is 14.5 Å². The monoisotopic (exact) mass is 435 g/mol. The Morgan fingerprint density at radius 2 is 2.06 bits per heavy atom. The molecule has 0 saturated carbocycles. The largest absolute Gasteiger partial charge is 0.491 e. The second kappa shape index (κ2) is 9.80. The first-order valence-electron chi connectivity index (χ1n) is 10.1. The summed E-state index contributed by atoms with van der Waals surface area (Å²) < 4.78 is 11.2. The minimum absolute atomic E-state index is 0.0433. The molecular formula is C24H22ClN3O3. The molecule has 7 heteroatoms. The predicted molar refractivity (Wildman–Crippen MR) is 120 cm³/mol. The van der Waals surface area contributed by atoms with E-state index in [1.54, 1.807) is 30.5 Å². The predicted octanol–water partition coefficient (Wildman–Crippen LogP) is 4.32. The standard InChI is InChI=1S/C24H22ClN3O3/c25-21-14-17(5-6-23(21)31-12-9-28-7-10-30-11-8-28)13-18(15-26)24(29)20-16-27-22-4-2-1-3-19(20)22/h1-6,13-14,16,27H,7-12H2/b18-13+. The number of hydrogen-bond acceptors (Lipinski definition) is 5. The number of aromatic nitrogens is 1. The van der Waals surface area contributed by atoms with Crippen LogP contribution in [0.3, 0.4) is 0 Å². The molecule has 0 amide bonds. The van der Waals surface area contributed by atoms with Crippen LogP contribution in [0, 0.1) is 11.3 Å². The number of halogens is 1. The number of hydrogen-bond donors (Lipinski definition) is 1. The molecule has 2 heterocycles. The molecule has 158 valence electrons. The maximum atomic E-state index is 12.9. The van der Waals surface area contributed by atoms with Gasteiger partial charge in [-0.2, -0.15) is 5.26 Å². The minimum atomic E-state index is -0.332. The first-order chi connectivity index (χ1) is 15.2. The van der Waals surface area contributed by atoms with Crippen molar-refractivity contribution >= 4 is 34.4 Å². The number of nitrogens with zero attached hydrogens (tertiary/aromatic N) is 2. The lowest BCUT2D eigenvalue weighted by Gasteiger charge is -2.26. The highest BCUT2D eigenvalue weighted by Gasteiger charge is 2.17. The molecule has 0 bridgehead atoms. The van der Waals surface area contributed by atoms with E-state index >= 15 is 0 Å². The molecule has 0 aliphatic carbocycles. The van der Waals surface area contributed by atoms with Gasteiger partial charge in [-0.3, -0.25) is 9.69 Å². The summed E-state index contributed by atoms with van der Waals surface area (Å²) in [5.74, 6) is 0.246. The van der Waals surface area contributed by atoms with Crippen molar-refractivity contribution in [3.05, 3.63) is 70.4 Å². The van der Waals surface area contributed by atoms with Gasteiger partial charge in [-0.1, -0.05) is 35.9 Å². The third-order valence-electron chi connectivity index (χ3n) is 5.23. The number of ether oxygens (including phenoxy) is 2. The Kier molecular flexibility index (Phi) is 6.68. The average molecular weight is 436 g/mol. The average Bonchev–Trinajstić information content (AvgIpc) is 3.23. The van der Waals surface area contributed by atoms with Crippen LogP contribution >= 0.6 is 11.6 Å². The van der Waals surface area contributed by atoms with Crippen molar-refractivity contribution in [2.24, 2.45) is 0 Å². The van der Waals surface area contributed by atoms with Crippen molar-refractivity contribution in [2.75, 3.05) is 39.5 Å². The Balaban J connectivity index is 1.46. The maximum absolute atomic E-state index is 12.9. The fourth-order valence-electron chi connectivity index (χ4n) is 3.55. The second-order valence-corrected chi connectivity index (χ2v) is 7.65. The van der Waals surface area contributed by atoms with Gasteiger partial charge in [0.1, 0.15) is 24.0 Å². The van der Waals surface area contributed by atoms with Crippen LogP contribution in [-0.4, -0.2) is 55.1 Å². The zero-order valence-corrected chi connectivity index (χ0v) is 17.7. The maximum Gasteiger partial charge on any atom is 0.205 e. The van der Waals surface area contributed by atoms with Crippen LogP contribution in [0.1, 0.15) is 15.9 Å². The molecule has 31 heavy (non-hydrogen) atoms. The number of aromatic amines is 1. The first-order valence-corrected chi connectivity index (χ1v) is 10.5. The molecule has 0 unspecified atom stereocenters. The molecule has 1 aliphatic heterocycles. The summed E-state index contributed by atoms with van der Waals surface area (Å²) in [5.41, 5.74) is 2.03. The molecule has 1 saturated heterocycles. The van der Waals surface area contributed by atoms with E-state index in [1.165, 1.54) is 0 Å². The normalized spacial score (nSPS) is 15.0. The molecule has 1 aliphatic rings. The Bertz CT molecular complexity index is 1160. The summed E-state index contributed by atoms with van der Waals surface area (Å²) in [7, 11) is 0. The summed E-state index contributed by atoms with van der Waals surface area (Å²) in [4.78, 5) is 18.3. The number of Topliss-reactive ketones (excluding diaryl/α,β-unsaturated/α-hetero) is 1. The van der Waals surface area contributed by atoms with Crippen molar-refractivity contribution < 1.29 is 14.3 Å². The fourth-order valence-corrected chi connectivity index (χ4v) is 3.80. The molecule has 3 aromatic rings. The molecule has 0 atom stereocenters. The molecule has 0 spiro atoms. The Morgan fingerprint density at radius 3 is 2.84 bits per heavy atom. The Hall–Kier alpha value is -3.11. The van der Waals surface area contributed by atoms with Gasteiger partial charge >= 0.3 is 0 Å². The third-order valence-corrected chi connectivity index (χ3v) is 5.53. The number of fused-ring (bicyclic) bond motifs is 1. The van der Waals surface area contributed by atoms with Crippen LogP contribution in [0.2, 0.25) is 5.02 Å². The van der Waals surface area contributed by atoms with Gasteiger partial charge in [0.25, 0.3) is 0 Å². The lowest BCUT2D eigenvalue weighted by Crippen LogP contribution is -2.38. The lowest BCUT2D eigenvalue weighted by molar-refractivity contribution is 0.0322. The number of nitriles is 1. The van der Waals surface area contributed by atoms with Gasteiger partial charge in [-0.05, 0) is 29.8 Å². The van der Waals surface area contributed by atoms with Crippen LogP contribution in [0.15, 0.2) is 54.2 Å². The quantitative estimate of drug-likeness (QED) is 0.339. The van der Waals surface area contributed by atoms with Crippen molar-refractivity contribution in [1.82, 2.24) is 9.88 Å². The number of rotatable bonds is 7. The lowest BCUT2D eigenvalue weighted by atomic mass is 10.0. The number of allylic oxidation sites excluding steroid dienone is 1. The summed E-state index contributed by atoms with van der Waals surface area (Å²) in [5, 5.41) is 10.8. The first kappa shape index (κ1) is 21.1. The summed E-state index contributed by atoms with van der Waals surface area (Å²) in [6.45, 7) is 4.64. The van der Waals surface area contributed by atoms with E-state index in [4.69, 9.17) is 21.1 Å². The zero-order valence-electron chi connectivity index (χ0n) is 16.9. The van der Waals surface area contributed by atoms with E-state index in [0.29, 0.717) is 28.5 Å². The molecule has 1 aromatic heterocycles. The molecule has 1 N–H and O–H groups in total. The molecule has 0 radical (unpaired) electrons. The minimum Gasteiger partial charge on any atom is -0.491 e. The number of ketones is 1. The Morgan fingerprint density at radius 1 is 1.26 bits per heavy atom. The van der Waals surface area contributed by atoms with E-state index in [-0.39, 0.29) is 11.4 Å². The summed E-state index contributed by atoms with van der Waals surface area (Å²) >= 11 is 6.37. The molecule has 2 aromatic carbocycles. The second-order valence-electron chi connectivity index (χ2n) is 7.24. The van der Waals surface area contributed by atoms with Gasteiger partial charge in [0.15, 0.2) is 0 Å². The number of carbonyl (C=O) groups is 1. The molecule has 6 nitrogen and oxygen atoms in total. The van der Waals surface area contributed by atoms with Crippen molar-refractivity contribution in [2.45, 2.75) is 0 Å². The van der Waals surface area contributed by atoms with Gasteiger partial charge in [-0.15, -0.1) is 0 Å². The molecule has 1 fully saturated rings. The van der Waals surface area contributed by atoms with E-state index in [1.807, 2.05) is 30.3 Å². The third kappa shape index (κ3) is 4.97. The summed E-state index contributed by atoms with van der Waals surface area (Å²) in [6.07, 6.45) is 3.18. The number of H-pyrrole nitrogens is 1. The van der Waals surface area contributed by atoms with Gasteiger partial charge in [0, 0.05) is 42.3 Å². The highest BCUT2D eigenvalue weighted by Crippen LogP contribution is 2.27. The zero-order chi connectivity index (χ0) is 21.6. The van der Waals surface area contributed by atoms with Gasteiger partial charge in [0.2, 0.25) is 5.78 Å². The number of carbonyl (C=O) groups excluding carboxylic acids is 1. The van der Waals surface area contributed by atoms with Crippen LogP contribution in [0.5, 0.6) is 5.75 Å². The van der Waals surface area contributed by atoms with Gasteiger partial charge in [0.05, 0.1) is 18.2 Å². The van der Waals surface area contributed by atoms with E-state index < -0.39 is 0 Å².